The van der Waals surface area contributed by atoms with Crippen LogP contribution < -0.4 is 10.9 Å². The second kappa shape index (κ2) is 8.32. The van der Waals surface area contributed by atoms with Crippen LogP contribution in [0, 0.1) is 17.5 Å². The summed E-state index contributed by atoms with van der Waals surface area (Å²) in [5.74, 6) is -7.98. The van der Waals surface area contributed by atoms with E-state index in [1.165, 1.54) is 0 Å². The Labute approximate surface area is 211 Å². The van der Waals surface area contributed by atoms with Crippen molar-refractivity contribution < 1.29 is 37.4 Å². The van der Waals surface area contributed by atoms with Crippen molar-refractivity contribution in [2.24, 2.45) is 0 Å². The minimum atomic E-state index is -1.79. The monoisotopic (exact) mass is 556 g/mol. The van der Waals surface area contributed by atoms with Crippen LogP contribution in [0.4, 0.5) is 17.6 Å². The number of rotatable bonds is 4. The maximum absolute atomic E-state index is 15.6. The van der Waals surface area contributed by atoms with Gasteiger partial charge in [-0.3, -0.25) is 9.59 Å². The fraction of sp³-hybridized carbons (Fsp3) is 0.130. The third-order valence-electron chi connectivity index (χ3n) is 6.05. The normalized spacial score (nSPS) is 16.9. The summed E-state index contributed by atoms with van der Waals surface area (Å²) in [6, 6.07) is 0.0320. The summed E-state index contributed by atoms with van der Waals surface area (Å²) in [4.78, 5) is 48.7. The highest BCUT2D eigenvalue weighted by atomic mass is 35.5. The molecule has 0 amide bonds. The SMILES string of the molecule is O=C(O)c1cn(-c2c(F)cc3c(=O)c(C(=O)O)cn([C@@H]4C[C@@H]4F)c3c2Cl)c2c(Cl)c(F)c(F)cc2c1=O. The lowest BCUT2D eigenvalue weighted by atomic mass is 10.1. The number of fused-ring (bicyclic) bond motifs is 2. The first-order valence-electron chi connectivity index (χ1n) is 10.3. The van der Waals surface area contributed by atoms with Gasteiger partial charge in [0.1, 0.15) is 33.8 Å². The largest absolute Gasteiger partial charge is 0.477 e. The summed E-state index contributed by atoms with van der Waals surface area (Å²) in [7, 11) is 0. The molecule has 2 atom stereocenters. The Morgan fingerprint density at radius 2 is 1.38 bits per heavy atom. The molecule has 4 aromatic rings. The molecule has 2 heterocycles. The van der Waals surface area contributed by atoms with Crippen LogP contribution in [0.5, 0.6) is 0 Å². The Balaban J connectivity index is 2.00. The highest BCUT2D eigenvalue weighted by Gasteiger charge is 2.41. The van der Waals surface area contributed by atoms with Gasteiger partial charge in [-0.15, -0.1) is 0 Å². The van der Waals surface area contributed by atoms with Crippen LogP contribution in [0.25, 0.3) is 27.5 Å². The summed E-state index contributed by atoms with van der Waals surface area (Å²) in [6.07, 6.45) is -0.0649. The quantitative estimate of drug-likeness (QED) is 0.277. The van der Waals surface area contributed by atoms with Crippen LogP contribution in [0.15, 0.2) is 34.1 Å². The predicted octanol–water partition coefficient (Wildman–Crippen LogP) is 4.71. The van der Waals surface area contributed by atoms with Crippen molar-refractivity contribution in [1.29, 1.82) is 0 Å². The van der Waals surface area contributed by atoms with Crippen molar-refractivity contribution >= 4 is 56.9 Å². The number of alkyl halides is 1. The van der Waals surface area contributed by atoms with Crippen molar-refractivity contribution in [3.05, 3.63) is 83.6 Å². The van der Waals surface area contributed by atoms with Gasteiger partial charge in [0.05, 0.1) is 32.9 Å². The maximum atomic E-state index is 15.6. The van der Waals surface area contributed by atoms with E-state index in [1.807, 2.05) is 0 Å². The van der Waals surface area contributed by atoms with Crippen LogP contribution in [0.1, 0.15) is 33.2 Å². The molecule has 2 aromatic heterocycles. The second-order valence-electron chi connectivity index (χ2n) is 8.25. The van der Waals surface area contributed by atoms with Gasteiger partial charge in [-0.05, 0) is 12.1 Å². The number of hydrogen-bond acceptors (Lipinski definition) is 4. The summed E-state index contributed by atoms with van der Waals surface area (Å²) >= 11 is 12.4. The summed E-state index contributed by atoms with van der Waals surface area (Å²) in [5.41, 5.74) is -5.82. The van der Waals surface area contributed by atoms with Gasteiger partial charge in [0.15, 0.2) is 11.6 Å². The fourth-order valence-corrected chi connectivity index (χ4v) is 4.89. The first-order valence-corrected chi connectivity index (χ1v) is 11.0. The van der Waals surface area contributed by atoms with Crippen molar-refractivity contribution in [3.63, 3.8) is 0 Å². The Hall–Kier alpha value is -3.90. The lowest BCUT2D eigenvalue weighted by Gasteiger charge is -2.19. The number of aromatic carboxylic acids is 2. The number of carbonyl (C=O) groups is 2. The predicted molar refractivity (Wildman–Crippen MR) is 124 cm³/mol. The number of pyridine rings is 2. The van der Waals surface area contributed by atoms with Crippen LogP contribution in [-0.2, 0) is 0 Å². The zero-order chi connectivity index (χ0) is 27.1. The molecule has 37 heavy (non-hydrogen) atoms. The summed E-state index contributed by atoms with van der Waals surface area (Å²) in [6.45, 7) is 0. The number of aromatic nitrogens is 2. The van der Waals surface area contributed by atoms with E-state index in [-0.39, 0.29) is 11.9 Å². The molecular formula is C23H10Cl2F4N2O6. The molecule has 14 heteroatoms. The van der Waals surface area contributed by atoms with Gasteiger partial charge in [0, 0.05) is 18.8 Å². The van der Waals surface area contributed by atoms with Crippen LogP contribution >= 0.6 is 23.2 Å². The number of halogens is 6. The number of carboxylic acid groups (broad SMARTS) is 2. The molecule has 0 bridgehead atoms. The standard InChI is InChI=1S/C23H10Cl2F4N2O6/c24-14-16(29)11(27)1-6-17(14)31(5-9(20(6)32)23(36)37)19-12(28)2-7-18(15(19)25)30(13-3-10(13)26)4-8(21(7)33)22(34)35/h1-2,4-5,10,13H,3H2,(H,34,35)(H,36,37)/t10-,13+/m0/s1. The minimum absolute atomic E-state index is 0.0689. The third kappa shape index (κ3) is 3.58. The summed E-state index contributed by atoms with van der Waals surface area (Å²) in [5, 5.41) is 16.0. The molecule has 0 aliphatic heterocycles. The Morgan fingerprint density at radius 3 is 1.92 bits per heavy atom. The number of nitrogens with zero attached hydrogens (tertiary/aromatic N) is 2. The molecule has 1 fully saturated rings. The molecule has 5 rings (SSSR count). The molecule has 1 saturated carbocycles. The van der Waals surface area contributed by atoms with Gasteiger partial charge in [-0.1, -0.05) is 23.2 Å². The average Bonchev–Trinajstić information content (AvgIpc) is 3.55. The molecule has 0 unspecified atom stereocenters. The van der Waals surface area contributed by atoms with Gasteiger partial charge in [-0.25, -0.2) is 27.2 Å². The molecule has 2 aromatic carbocycles. The Kier molecular flexibility index (Phi) is 5.57. The number of benzene rings is 2. The van der Waals surface area contributed by atoms with E-state index in [9.17, 15) is 42.6 Å². The van der Waals surface area contributed by atoms with Crippen molar-refractivity contribution in [3.8, 4) is 5.69 Å². The first kappa shape index (κ1) is 24.8. The van der Waals surface area contributed by atoms with E-state index in [4.69, 9.17) is 23.2 Å². The zero-order valence-corrected chi connectivity index (χ0v) is 19.4. The first-order chi connectivity index (χ1) is 17.3. The summed E-state index contributed by atoms with van der Waals surface area (Å²) < 4.78 is 59.7. The molecule has 0 radical (unpaired) electrons. The lowest BCUT2D eigenvalue weighted by Crippen LogP contribution is -2.21. The Bertz CT molecular complexity index is 1850. The van der Waals surface area contributed by atoms with Crippen LogP contribution in [0.3, 0.4) is 0 Å². The fourth-order valence-electron chi connectivity index (χ4n) is 4.23. The van der Waals surface area contributed by atoms with Gasteiger partial charge in [0.2, 0.25) is 10.9 Å². The van der Waals surface area contributed by atoms with E-state index in [2.05, 4.69) is 0 Å². The maximum Gasteiger partial charge on any atom is 0.341 e. The van der Waals surface area contributed by atoms with Gasteiger partial charge in [-0.2, -0.15) is 0 Å². The third-order valence-corrected chi connectivity index (χ3v) is 6.75. The van der Waals surface area contributed by atoms with Crippen molar-refractivity contribution in [2.75, 3.05) is 0 Å². The molecule has 0 spiro atoms. The minimum Gasteiger partial charge on any atom is -0.477 e. The molecule has 1 aliphatic carbocycles. The van der Waals surface area contributed by atoms with Gasteiger partial charge in [0.25, 0.3) is 0 Å². The van der Waals surface area contributed by atoms with E-state index in [0.29, 0.717) is 22.9 Å². The highest BCUT2D eigenvalue weighted by Crippen LogP contribution is 2.43. The Morgan fingerprint density at radius 1 is 0.865 bits per heavy atom. The van der Waals surface area contributed by atoms with E-state index in [0.717, 1.165) is 10.8 Å². The number of carboxylic acids is 2. The van der Waals surface area contributed by atoms with Crippen molar-refractivity contribution in [1.82, 2.24) is 9.13 Å². The van der Waals surface area contributed by atoms with E-state index in [1.54, 1.807) is 0 Å². The van der Waals surface area contributed by atoms with E-state index < -0.39 is 95.6 Å². The second-order valence-corrected chi connectivity index (χ2v) is 9.01. The smallest absolute Gasteiger partial charge is 0.341 e. The molecule has 2 N–H and O–H groups in total. The van der Waals surface area contributed by atoms with Gasteiger partial charge >= 0.3 is 11.9 Å². The van der Waals surface area contributed by atoms with E-state index >= 15 is 4.39 Å². The van der Waals surface area contributed by atoms with Crippen molar-refractivity contribution in [2.45, 2.75) is 18.6 Å². The van der Waals surface area contributed by atoms with Crippen LogP contribution in [0.2, 0.25) is 10.0 Å². The molecule has 1 aliphatic rings. The van der Waals surface area contributed by atoms with Gasteiger partial charge < -0.3 is 19.3 Å². The topological polar surface area (TPSA) is 119 Å². The zero-order valence-electron chi connectivity index (χ0n) is 17.9. The molecule has 8 nitrogen and oxygen atoms in total. The molecule has 190 valence electrons. The highest BCUT2D eigenvalue weighted by molar-refractivity contribution is 6.38. The number of hydrogen-bond donors (Lipinski definition) is 2. The molecular weight excluding hydrogens is 547 g/mol. The lowest BCUT2D eigenvalue weighted by molar-refractivity contribution is 0.0684. The average molecular weight is 557 g/mol. The van der Waals surface area contributed by atoms with Crippen LogP contribution in [-0.4, -0.2) is 37.5 Å². The molecule has 0 saturated heterocycles.